The molecule has 0 radical (unpaired) electrons. The van der Waals surface area contributed by atoms with Crippen molar-refractivity contribution in [2.45, 2.75) is 0 Å². The summed E-state index contributed by atoms with van der Waals surface area (Å²) in [5.41, 5.74) is 3.04. The molecule has 136 valence electrons. The van der Waals surface area contributed by atoms with Gasteiger partial charge >= 0.3 is 0 Å². The lowest BCUT2D eigenvalue weighted by Crippen LogP contribution is -2.17. The van der Waals surface area contributed by atoms with Crippen LogP contribution >= 0.6 is 0 Å². The highest BCUT2D eigenvalue weighted by Crippen LogP contribution is 2.33. The fraction of sp³-hybridized carbons (Fsp3) is 0.0526. The Morgan fingerprint density at radius 1 is 1.19 bits per heavy atom. The molecule has 1 N–H and O–H groups in total. The molecular formula is C19H15N3O5. The van der Waals surface area contributed by atoms with Gasteiger partial charge in [0.1, 0.15) is 17.3 Å². The van der Waals surface area contributed by atoms with E-state index in [0.29, 0.717) is 28.4 Å². The molecule has 0 bridgehead atoms. The number of ether oxygens (including phenoxy) is 1. The molecule has 3 rings (SSSR count). The summed E-state index contributed by atoms with van der Waals surface area (Å²) in [6.07, 6.45) is 1.32. The molecule has 8 nitrogen and oxygen atoms in total. The van der Waals surface area contributed by atoms with Crippen molar-refractivity contribution in [2.24, 2.45) is 5.10 Å². The van der Waals surface area contributed by atoms with E-state index in [0.717, 1.165) is 0 Å². The van der Waals surface area contributed by atoms with Crippen LogP contribution in [0.3, 0.4) is 0 Å². The standard InChI is InChI=1S/C19H15N3O5/c1-26-14-7-9-16(17(11-14)22(24)25)18-10-8-15(27-18)12-20-21-19(23)13-5-3-2-4-6-13/h2-12H,1H3,(H,21,23)/b20-12-. The number of amides is 1. The zero-order valence-corrected chi connectivity index (χ0v) is 14.3. The number of nitro groups is 1. The first-order chi connectivity index (χ1) is 13.1. The fourth-order valence-corrected chi connectivity index (χ4v) is 2.37. The second-order valence-electron chi connectivity index (χ2n) is 5.41. The van der Waals surface area contributed by atoms with Crippen LogP contribution in [0, 0.1) is 10.1 Å². The molecule has 1 heterocycles. The molecular weight excluding hydrogens is 350 g/mol. The summed E-state index contributed by atoms with van der Waals surface area (Å²) in [6.45, 7) is 0. The molecule has 3 aromatic rings. The quantitative estimate of drug-likeness (QED) is 0.408. The first-order valence-electron chi connectivity index (χ1n) is 7.89. The van der Waals surface area contributed by atoms with E-state index >= 15 is 0 Å². The van der Waals surface area contributed by atoms with E-state index in [1.807, 2.05) is 6.07 Å². The number of hydrazone groups is 1. The molecule has 1 amide bonds. The number of nitrogens with one attached hydrogen (secondary N) is 1. The van der Waals surface area contributed by atoms with Crippen LogP contribution in [-0.4, -0.2) is 24.2 Å². The Morgan fingerprint density at radius 3 is 2.67 bits per heavy atom. The van der Waals surface area contributed by atoms with Crippen molar-refractivity contribution in [3.63, 3.8) is 0 Å². The predicted molar refractivity (Wildman–Crippen MR) is 98.9 cm³/mol. The zero-order valence-electron chi connectivity index (χ0n) is 14.3. The van der Waals surface area contributed by atoms with Gasteiger partial charge in [-0.25, -0.2) is 5.43 Å². The van der Waals surface area contributed by atoms with Gasteiger partial charge in [-0.1, -0.05) is 18.2 Å². The molecule has 0 spiro atoms. The number of hydrogen-bond donors (Lipinski definition) is 1. The average molecular weight is 365 g/mol. The van der Waals surface area contributed by atoms with Gasteiger partial charge in [-0.3, -0.25) is 14.9 Å². The van der Waals surface area contributed by atoms with Crippen LogP contribution in [0.15, 0.2) is 70.2 Å². The highest BCUT2D eigenvalue weighted by atomic mass is 16.6. The molecule has 0 aliphatic rings. The van der Waals surface area contributed by atoms with Gasteiger partial charge in [0.05, 0.1) is 29.9 Å². The fourth-order valence-electron chi connectivity index (χ4n) is 2.37. The smallest absolute Gasteiger partial charge is 0.284 e. The van der Waals surface area contributed by atoms with Gasteiger partial charge in [-0.2, -0.15) is 5.10 Å². The van der Waals surface area contributed by atoms with E-state index < -0.39 is 4.92 Å². The van der Waals surface area contributed by atoms with Gasteiger partial charge in [0.2, 0.25) is 0 Å². The zero-order chi connectivity index (χ0) is 19.2. The molecule has 27 heavy (non-hydrogen) atoms. The van der Waals surface area contributed by atoms with Gasteiger partial charge < -0.3 is 9.15 Å². The minimum atomic E-state index is -0.506. The van der Waals surface area contributed by atoms with Crippen molar-refractivity contribution in [2.75, 3.05) is 7.11 Å². The number of hydrogen-bond acceptors (Lipinski definition) is 6. The van der Waals surface area contributed by atoms with Crippen LogP contribution in [-0.2, 0) is 0 Å². The van der Waals surface area contributed by atoms with Gasteiger partial charge in [0, 0.05) is 5.56 Å². The Morgan fingerprint density at radius 2 is 1.96 bits per heavy atom. The maximum absolute atomic E-state index is 11.9. The number of nitro benzene ring substituents is 1. The maximum atomic E-state index is 11.9. The third kappa shape index (κ3) is 4.18. The van der Waals surface area contributed by atoms with Crippen LogP contribution in [0.1, 0.15) is 16.1 Å². The van der Waals surface area contributed by atoms with Crippen LogP contribution in [0.4, 0.5) is 5.69 Å². The van der Waals surface area contributed by atoms with Crippen LogP contribution in [0.2, 0.25) is 0 Å². The third-order valence-corrected chi connectivity index (χ3v) is 3.69. The lowest BCUT2D eigenvalue weighted by Gasteiger charge is -2.03. The lowest BCUT2D eigenvalue weighted by atomic mass is 10.1. The van der Waals surface area contributed by atoms with E-state index in [4.69, 9.17) is 9.15 Å². The van der Waals surface area contributed by atoms with E-state index in [2.05, 4.69) is 10.5 Å². The summed E-state index contributed by atoms with van der Waals surface area (Å²) in [4.78, 5) is 22.7. The Kier molecular flexibility index (Phi) is 5.27. The highest BCUT2D eigenvalue weighted by molar-refractivity contribution is 5.94. The summed E-state index contributed by atoms with van der Waals surface area (Å²) < 4.78 is 10.6. The van der Waals surface area contributed by atoms with E-state index in [-0.39, 0.29) is 11.6 Å². The van der Waals surface area contributed by atoms with Gasteiger partial charge in [0.15, 0.2) is 0 Å². The largest absolute Gasteiger partial charge is 0.497 e. The average Bonchev–Trinajstić information content (AvgIpc) is 3.16. The molecule has 0 atom stereocenters. The first-order valence-corrected chi connectivity index (χ1v) is 7.89. The predicted octanol–water partition coefficient (Wildman–Crippen LogP) is 3.63. The van der Waals surface area contributed by atoms with Crippen molar-refractivity contribution in [3.8, 4) is 17.1 Å². The molecule has 0 fully saturated rings. The summed E-state index contributed by atoms with van der Waals surface area (Å²) in [5, 5.41) is 15.1. The van der Waals surface area contributed by atoms with E-state index in [9.17, 15) is 14.9 Å². The minimum absolute atomic E-state index is 0.135. The highest BCUT2D eigenvalue weighted by Gasteiger charge is 2.19. The number of carbonyl (C=O) groups excluding carboxylic acids is 1. The summed E-state index contributed by atoms with van der Waals surface area (Å²) in [6, 6.07) is 16.3. The molecule has 0 aliphatic heterocycles. The Balaban J connectivity index is 1.75. The first kappa shape index (κ1) is 17.9. The van der Waals surface area contributed by atoms with Crippen molar-refractivity contribution in [3.05, 3.63) is 82.1 Å². The van der Waals surface area contributed by atoms with Gasteiger partial charge in [0.25, 0.3) is 11.6 Å². The van der Waals surface area contributed by atoms with Crippen molar-refractivity contribution >= 4 is 17.8 Å². The molecule has 8 heteroatoms. The maximum Gasteiger partial charge on any atom is 0.284 e. The second-order valence-corrected chi connectivity index (χ2v) is 5.41. The number of methoxy groups -OCH3 is 1. The van der Waals surface area contributed by atoms with Crippen LogP contribution < -0.4 is 10.2 Å². The molecule has 0 saturated carbocycles. The van der Waals surface area contributed by atoms with E-state index in [1.165, 1.54) is 19.4 Å². The number of nitrogens with zero attached hydrogens (tertiary/aromatic N) is 2. The molecule has 2 aromatic carbocycles. The Labute approximate surface area is 154 Å². The normalized spacial score (nSPS) is 10.7. The topological polar surface area (TPSA) is 107 Å². The molecule has 0 unspecified atom stereocenters. The van der Waals surface area contributed by atoms with Crippen LogP contribution in [0.25, 0.3) is 11.3 Å². The van der Waals surface area contributed by atoms with Gasteiger partial charge in [-0.15, -0.1) is 0 Å². The van der Waals surface area contributed by atoms with E-state index in [1.54, 1.807) is 48.5 Å². The lowest BCUT2D eigenvalue weighted by molar-refractivity contribution is -0.384. The Hall–Kier alpha value is -3.94. The van der Waals surface area contributed by atoms with Crippen LogP contribution in [0.5, 0.6) is 5.75 Å². The molecule has 0 saturated heterocycles. The van der Waals surface area contributed by atoms with Crippen molar-refractivity contribution in [1.29, 1.82) is 0 Å². The number of furan rings is 1. The third-order valence-electron chi connectivity index (χ3n) is 3.69. The molecule has 1 aromatic heterocycles. The number of carbonyl (C=O) groups is 1. The SMILES string of the molecule is COc1ccc(-c2ccc(/C=N\NC(=O)c3ccccc3)o2)c([N+](=O)[O-])c1. The summed E-state index contributed by atoms with van der Waals surface area (Å²) in [7, 11) is 1.43. The minimum Gasteiger partial charge on any atom is -0.497 e. The summed E-state index contributed by atoms with van der Waals surface area (Å²) in [5.74, 6) is 0.663. The number of benzene rings is 2. The second kappa shape index (κ2) is 7.96. The van der Waals surface area contributed by atoms with Crippen molar-refractivity contribution in [1.82, 2.24) is 5.43 Å². The molecule has 0 aliphatic carbocycles. The van der Waals surface area contributed by atoms with Crippen molar-refractivity contribution < 1.29 is 18.9 Å². The Bertz CT molecular complexity index is 996. The summed E-state index contributed by atoms with van der Waals surface area (Å²) >= 11 is 0. The van der Waals surface area contributed by atoms with Gasteiger partial charge in [-0.05, 0) is 36.4 Å². The monoisotopic (exact) mass is 365 g/mol. The number of rotatable bonds is 6.